The molecule has 0 aliphatic rings. The molecule has 0 saturated carbocycles. The number of hydrazine groups is 1. The molecule has 0 bridgehead atoms. The van der Waals surface area contributed by atoms with Crippen molar-refractivity contribution < 1.29 is 19.1 Å². The molecule has 0 aliphatic carbocycles. The second kappa shape index (κ2) is 9.75. The maximum absolute atomic E-state index is 12.7. The summed E-state index contributed by atoms with van der Waals surface area (Å²) in [4.78, 5) is 38.9. The van der Waals surface area contributed by atoms with Gasteiger partial charge in [-0.2, -0.15) is 0 Å². The molecule has 1 aromatic carbocycles. The molecule has 2 aromatic rings. The topological polar surface area (TPSA) is 138 Å². The molecule has 152 valence electrons. The van der Waals surface area contributed by atoms with E-state index in [4.69, 9.17) is 10.5 Å². The SMILES string of the molecule is COc1cccc2[nH]c(C(=O)NC(CC(C)C)C(=O)NNCCC(N)=O)cc12. The van der Waals surface area contributed by atoms with E-state index in [0.29, 0.717) is 17.9 Å². The molecule has 28 heavy (non-hydrogen) atoms. The molecular formula is C19H27N5O4. The molecule has 9 nitrogen and oxygen atoms in total. The Morgan fingerprint density at radius 2 is 2.00 bits per heavy atom. The van der Waals surface area contributed by atoms with Crippen LogP contribution in [0.4, 0.5) is 0 Å². The van der Waals surface area contributed by atoms with Gasteiger partial charge in [-0.25, -0.2) is 5.43 Å². The van der Waals surface area contributed by atoms with Gasteiger partial charge >= 0.3 is 0 Å². The van der Waals surface area contributed by atoms with Crippen molar-refractivity contribution in [3.05, 3.63) is 30.0 Å². The number of methoxy groups -OCH3 is 1. The fraction of sp³-hybridized carbons (Fsp3) is 0.421. The third-order valence-corrected chi connectivity index (χ3v) is 4.13. The quantitative estimate of drug-likeness (QED) is 0.302. The van der Waals surface area contributed by atoms with Gasteiger partial charge in [0.05, 0.1) is 7.11 Å². The summed E-state index contributed by atoms with van der Waals surface area (Å²) in [5.41, 5.74) is 11.3. The lowest BCUT2D eigenvalue weighted by molar-refractivity contribution is -0.124. The van der Waals surface area contributed by atoms with Gasteiger partial charge in [0.25, 0.3) is 11.8 Å². The number of nitrogens with two attached hydrogens (primary N) is 1. The van der Waals surface area contributed by atoms with Crippen LogP contribution >= 0.6 is 0 Å². The highest BCUT2D eigenvalue weighted by molar-refractivity contribution is 6.01. The van der Waals surface area contributed by atoms with Crippen molar-refractivity contribution in [3.8, 4) is 5.75 Å². The number of hydrogen-bond acceptors (Lipinski definition) is 5. The number of ether oxygens (including phenoxy) is 1. The third-order valence-electron chi connectivity index (χ3n) is 4.13. The van der Waals surface area contributed by atoms with Crippen LogP contribution in [0.5, 0.6) is 5.75 Å². The van der Waals surface area contributed by atoms with Crippen molar-refractivity contribution in [1.29, 1.82) is 0 Å². The molecule has 0 fully saturated rings. The minimum Gasteiger partial charge on any atom is -0.496 e. The van der Waals surface area contributed by atoms with Crippen molar-refractivity contribution in [1.82, 2.24) is 21.2 Å². The van der Waals surface area contributed by atoms with Crippen LogP contribution in [0, 0.1) is 5.92 Å². The third kappa shape index (κ3) is 5.71. The zero-order valence-electron chi connectivity index (χ0n) is 16.3. The molecule has 1 aromatic heterocycles. The van der Waals surface area contributed by atoms with E-state index >= 15 is 0 Å². The number of hydrogen-bond donors (Lipinski definition) is 5. The molecule has 1 atom stereocenters. The van der Waals surface area contributed by atoms with Crippen LogP contribution in [0.1, 0.15) is 37.2 Å². The predicted molar refractivity (Wildman–Crippen MR) is 106 cm³/mol. The van der Waals surface area contributed by atoms with Crippen LogP contribution in [0.3, 0.4) is 0 Å². The van der Waals surface area contributed by atoms with Crippen molar-refractivity contribution in [2.24, 2.45) is 11.7 Å². The van der Waals surface area contributed by atoms with E-state index in [2.05, 4.69) is 21.2 Å². The largest absolute Gasteiger partial charge is 0.496 e. The normalized spacial score (nSPS) is 12.0. The van der Waals surface area contributed by atoms with Gasteiger partial charge in [-0.05, 0) is 30.5 Å². The highest BCUT2D eigenvalue weighted by Crippen LogP contribution is 2.26. The van der Waals surface area contributed by atoms with Gasteiger partial charge in [0.1, 0.15) is 17.5 Å². The summed E-state index contributed by atoms with van der Waals surface area (Å²) < 4.78 is 5.31. The summed E-state index contributed by atoms with van der Waals surface area (Å²) in [6.07, 6.45) is 0.553. The first-order valence-corrected chi connectivity index (χ1v) is 9.09. The lowest BCUT2D eigenvalue weighted by atomic mass is 10.0. The smallest absolute Gasteiger partial charge is 0.268 e. The number of aromatic amines is 1. The maximum Gasteiger partial charge on any atom is 0.268 e. The van der Waals surface area contributed by atoms with E-state index < -0.39 is 17.9 Å². The summed E-state index contributed by atoms with van der Waals surface area (Å²) in [7, 11) is 1.57. The maximum atomic E-state index is 12.7. The van der Waals surface area contributed by atoms with Crippen LogP contribution in [-0.4, -0.2) is 42.4 Å². The van der Waals surface area contributed by atoms with E-state index in [1.54, 1.807) is 13.2 Å². The van der Waals surface area contributed by atoms with Gasteiger partial charge in [0, 0.05) is 23.9 Å². The number of nitrogens with one attached hydrogen (secondary N) is 4. The Kier molecular flexibility index (Phi) is 7.39. The predicted octanol–water partition coefficient (Wildman–Crippen LogP) is 0.817. The van der Waals surface area contributed by atoms with Gasteiger partial charge in [0.2, 0.25) is 5.91 Å². The standard InChI is InChI=1S/C19H27N5O4/c1-11(2)9-14(19(27)24-21-8-7-17(20)25)23-18(26)15-10-12-13(22-15)5-4-6-16(12)28-3/h4-6,10-11,14,21-22H,7-9H2,1-3H3,(H2,20,25)(H,23,26)(H,24,27). The van der Waals surface area contributed by atoms with Crippen LogP contribution in [0.2, 0.25) is 0 Å². The first-order chi connectivity index (χ1) is 13.3. The lowest BCUT2D eigenvalue weighted by Crippen LogP contribution is -2.51. The second-order valence-electron chi connectivity index (χ2n) is 6.89. The number of amides is 3. The molecule has 3 amide bonds. The number of carbonyl (C=O) groups excluding carboxylic acids is 3. The highest BCUT2D eigenvalue weighted by Gasteiger charge is 2.23. The molecular weight excluding hydrogens is 362 g/mol. The molecule has 1 heterocycles. The molecule has 9 heteroatoms. The van der Waals surface area contributed by atoms with Gasteiger partial charge in [-0.3, -0.25) is 19.8 Å². The summed E-state index contributed by atoms with van der Waals surface area (Å²) in [6.45, 7) is 4.13. The highest BCUT2D eigenvalue weighted by atomic mass is 16.5. The van der Waals surface area contributed by atoms with E-state index in [9.17, 15) is 14.4 Å². The zero-order chi connectivity index (χ0) is 20.7. The van der Waals surface area contributed by atoms with Crippen molar-refractivity contribution in [3.63, 3.8) is 0 Å². The number of rotatable bonds is 10. The minimum absolute atomic E-state index is 0.0956. The second-order valence-corrected chi connectivity index (χ2v) is 6.89. The number of fused-ring (bicyclic) bond motifs is 1. The Labute approximate surface area is 163 Å². The minimum atomic E-state index is -0.734. The van der Waals surface area contributed by atoms with E-state index in [1.165, 1.54) is 0 Å². The summed E-state index contributed by atoms with van der Waals surface area (Å²) in [5.74, 6) is -0.410. The Hall–Kier alpha value is -3.07. The lowest BCUT2D eigenvalue weighted by Gasteiger charge is -2.20. The van der Waals surface area contributed by atoms with Gasteiger partial charge < -0.3 is 20.8 Å². The Bertz CT molecular complexity index is 846. The van der Waals surface area contributed by atoms with Crippen LogP contribution in [0.25, 0.3) is 10.9 Å². The molecule has 0 saturated heterocycles. The molecule has 0 radical (unpaired) electrons. The van der Waals surface area contributed by atoms with Gasteiger partial charge in [0.15, 0.2) is 0 Å². The fourth-order valence-corrected chi connectivity index (χ4v) is 2.79. The molecule has 2 rings (SSSR count). The zero-order valence-corrected chi connectivity index (χ0v) is 16.3. The number of primary amides is 1. The number of benzene rings is 1. The Balaban J connectivity index is 2.07. The average Bonchev–Trinajstić information content (AvgIpc) is 3.08. The van der Waals surface area contributed by atoms with Gasteiger partial charge in [-0.1, -0.05) is 19.9 Å². The Morgan fingerprint density at radius 3 is 2.64 bits per heavy atom. The monoisotopic (exact) mass is 389 g/mol. The Morgan fingerprint density at radius 1 is 1.25 bits per heavy atom. The summed E-state index contributed by atoms with van der Waals surface area (Å²) in [5, 5.41) is 3.54. The fourth-order valence-electron chi connectivity index (χ4n) is 2.79. The van der Waals surface area contributed by atoms with Crippen LogP contribution < -0.4 is 26.6 Å². The van der Waals surface area contributed by atoms with E-state index in [-0.39, 0.29) is 24.8 Å². The van der Waals surface area contributed by atoms with Crippen molar-refractivity contribution >= 4 is 28.6 Å². The number of carbonyl (C=O) groups is 3. The van der Waals surface area contributed by atoms with E-state index in [0.717, 1.165) is 10.9 Å². The molecule has 0 spiro atoms. The molecule has 6 N–H and O–H groups in total. The molecule has 0 aliphatic heterocycles. The van der Waals surface area contributed by atoms with Crippen molar-refractivity contribution in [2.75, 3.05) is 13.7 Å². The summed E-state index contributed by atoms with van der Waals surface area (Å²) in [6, 6.07) is 6.44. The van der Waals surface area contributed by atoms with Crippen LogP contribution in [-0.2, 0) is 9.59 Å². The molecule has 1 unspecified atom stereocenters. The average molecular weight is 389 g/mol. The first-order valence-electron chi connectivity index (χ1n) is 9.09. The van der Waals surface area contributed by atoms with E-state index in [1.807, 2.05) is 32.0 Å². The summed E-state index contributed by atoms with van der Waals surface area (Å²) >= 11 is 0. The van der Waals surface area contributed by atoms with Crippen LogP contribution in [0.15, 0.2) is 24.3 Å². The number of aromatic nitrogens is 1. The first kappa shape index (κ1) is 21.2. The van der Waals surface area contributed by atoms with Gasteiger partial charge in [-0.15, -0.1) is 0 Å². The van der Waals surface area contributed by atoms with Crippen molar-refractivity contribution in [2.45, 2.75) is 32.7 Å². The number of H-pyrrole nitrogens is 1.